The van der Waals surface area contributed by atoms with Gasteiger partial charge < -0.3 is 14.5 Å². The summed E-state index contributed by atoms with van der Waals surface area (Å²) in [6.45, 7) is 2.18. The average molecular weight is 344 g/mol. The second kappa shape index (κ2) is 7.45. The molecule has 25 heavy (non-hydrogen) atoms. The maximum absolute atomic E-state index is 13.6. The summed E-state index contributed by atoms with van der Waals surface area (Å²) in [5.41, 5.74) is 0.750. The van der Waals surface area contributed by atoms with Gasteiger partial charge in [-0.25, -0.2) is 4.39 Å². The lowest BCUT2D eigenvalue weighted by atomic mass is 9.73. The van der Waals surface area contributed by atoms with E-state index >= 15 is 0 Å². The summed E-state index contributed by atoms with van der Waals surface area (Å²) in [6.07, 6.45) is 8.93. The second-order valence-electron chi connectivity index (χ2n) is 6.86. The molecule has 1 spiro atoms. The summed E-state index contributed by atoms with van der Waals surface area (Å²) in [7, 11) is 1.73. The van der Waals surface area contributed by atoms with Crippen molar-refractivity contribution in [3.63, 3.8) is 0 Å². The predicted octanol–water partition coefficient (Wildman–Crippen LogP) is 2.83. The molecule has 2 aliphatic heterocycles. The molecule has 1 aromatic carbocycles. The Hall–Kier alpha value is -2.06. The fourth-order valence-corrected chi connectivity index (χ4v) is 4.11. The van der Waals surface area contributed by atoms with Crippen LogP contribution in [-0.4, -0.2) is 49.2 Å². The lowest BCUT2D eigenvalue weighted by Crippen LogP contribution is -2.74. The third kappa shape index (κ3) is 3.36. The number of carbonyl (C=O) groups is 1. The molecule has 0 bridgehead atoms. The predicted molar refractivity (Wildman–Crippen MR) is 95.8 cm³/mol. The van der Waals surface area contributed by atoms with E-state index in [4.69, 9.17) is 11.2 Å². The molecule has 2 fully saturated rings. The van der Waals surface area contributed by atoms with Crippen molar-refractivity contribution in [2.75, 3.05) is 31.6 Å². The van der Waals surface area contributed by atoms with Crippen molar-refractivity contribution < 1.29 is 13.9 Å². The van der Waals surface area contributed by atoms with Gasteiger partial charge in [-0.2, -0.15) is 0 Å². The van der Waals surface area contributed by atoms with Gasteiger partial charge in [-0.1, -0.05) is 6.07 Å². The first kappa shape index (κ1) is 17.8. The number of rotatable bonds is 5. The van der Waals surface area contributed by atoms with E-state index in [1.54, 1.807) is 19.2 Å². The Kier molecular flexibility index (Phi) is 5.29. The van der Waals surface area contributed by atoms with E-state index in [1.807, 2.05) is 11.0 Å². The lowest BCUT2D eigenvalue weighted by molar-refractivity contribution is -0.135. The molecule has 2 saturated heterocycles. The third-order valence-corrected chi connectivity index (χ3v) is 5.58. The van der Waals surface area contributed by atoms with Crippen molar-refractivity contribution in [2.45, 2.75) is 43.7 Å². The van der Waals surface area contributed by atoms with Crippen LogP contribution in [0.5, 0.6) is 0 Å². The monoisotopic (exact) mass is 344 g/mol. The molecular weight excluding hydrogens is 319 g/mol. The zero-order valence-corrected chi connectivity index (χ0v) is 14.7. The van der Waals surface area contributed by atoms with Crippen LogP contribution in [0.25, 0.3) is 0 Å². The Morgan fingerprint density at radius 3 is 2.84 bits per heavy atom. The number of hydrogen-bond donors (Lipinski definition) is 0. The quantitative estimate of drug-likeness (QED) is 0.608. The molecule has 2 aliphatic rings. The number of carbonyl (C=O) groups excluding carboxylic acids is 1. The first-order valence-corrected chi connectivity index (χ1v) is 8.88. The molecule has 0 radical (unpaired) electrons. The van der Waals surface area contributed by atoms with E-state index in [-0.39, 0.29) is 23.4 Å². The van der Waals surface area contributed by atoms with Crippen molar-refractivity contribution in [1.29, 1.82) is 0 Å². The maximum atomic E-state index is 13.6. The van der Waals surface area contributed by atoms with Crippen molar-refractivity contribution >= 4 is 11.6 Å². The van der Waals surface area contributed by atoms with E-state index in [2.05, 4.69) is 10.8 Å². The highest BCUT2D eigenvalue weighted by Gasteiger charge is 2.55. The summed E-state index contributed by atoms with van der Waals surface area (Å²) in [5.74, 6) is 2.52. The fourth-order valence-electron chi connectivity index (χ4n) is 4.11. The number of methoxy groups -OCH3 is 1. The lowest BCUT2D eigenvalue weighted by Gasteiger charge is -2.61. The van der Waals surface area contributed by atoms with E-state index < -0.39 is 0 Å². The number of hydrogen-bond acceptors (Lipinski definition) is 3. The number of piperidine rings is 1. The smallest absolute Gasteiger partial charge is 0.222 e. The molecule has 1 amide bonds. The zero-order valence-electron chi connectivity index (χ0n) is 14.7. The van der Waals surface area contributed by atoms with Gasteiger partial charge in [0.25, 0.3) is 0 Å². The van der Waals surface area contributed by atoms with Crippen LogP contribution in [-0.2, 0) is 9.53 Å². The molecule has 0 aromatic heterocycles. The Morgan fingerprint density at radius 1 is 1.44 bits per heavy atom. The van der Waals surface area contributed by atoms with Gasteiger partial charge in [0.05, 0.1) is 11.6 Å². The topological polar surface area (TPSA) is 32.8 Å². The Bertz CT molecular complexity index is 662. The van der Waals surface area contributed by atoms with E-state index in [0.29, 0.717) is 25.9 Å². The Labute approximate surface area is 148 Å². The van der Waals surface area contributed by atoms with Gasteiger partial charge in [-0.3, -0.25) is 4.79 Å². The molecule has 3 rings (SSSR count). The highest BCUT2D eigenvalue weighted by atomic mass is 19.1. The van der Waals surface area contributed by atoms with Crippen LogP contribution in [0.4, 0.5) is 10.1 Å². The van der Waals surface area contributed by atoms with E-state index in [0.717, 1.165) is 31.5 Å². The summed E-state index contributed by atoms with van der Waals surface area (Å²) < 4.78 is 19.3. The van der Waals surface area contributed by atoms with Crippen LogP contribution < -0.4 is 4.90 Å². The van der Waals surface area contributed by atoms with Crippen LogP contribution in [0.3, 0.4) is 0 Å². The molecule has 0 saturated carbocycles. The molecule has 5 heteroatoms. The minimum atomic E-state index is -0.227. The summed E-state index contributed by atoms with van der Waals surface area (Å²) in [6, 6.07) is 6.71. The number of anilines is 1. The van der Waals surface area contributed by atoms with Crippen LogP contribution in [0, 0.1) is 18.2 Å². The van der Waals surface area contributed by atoms with Crippen molar-refractivity contribution in [3.05, 3.63) is 30.1 Å². The molecule has 0 aliphatic carbocycles. The number of halogens is 1. The van der Waals surface area contributed by atoms with Crippen LogP contribution >= 0.6 is 0 Å². The fraction of sp³-hybridized carbons (Fsp3) is 0.550. The van der Waals surface area contributed by atoms with Crippen LogP contribution in [0.15, 0.2) is 24.3 Å². The number of nitrogens with zero attached hydrogens (tertiary/aromatic N) is 2. The van der Waals surface area contributed by atoms with Crippen molar-refractivity contribution in [3.8, 4) is 12.3 Å². The zero-order chi connectivity index (χ0) is 17.9. The average Bonchev–Trinajstić information content (AvgIpc) is 2.61. The Morgan fingerprint density at radius 2 is 2.20 bits per heavy atom. The van der Waals surface area contributed by atoms with E-state index in [1.165, 1.54) is 6.07 Å². The van der Waals surface area contributed by atoms with Gasteiger partial charge >= 0.3 is 0 Å². The first-order valence-electron chi connectivity index (χ1n) is 8.88. The summed E-state index contributed by atoms with van der Waals surface area (Å²) in [5, 5.41) is 0. The van der Waals surface area contributed by atoms with Gasteiger partial charge in [0.15, 0.2) is 0 Å². The van der Waals surface area contributed by atoms with Gasteiger partial charge in [-0.15, -0.1) is 12.3 Å². The molecule has 134 valence electrons. The number of benzene rings is 1. The number of terminal acetylenes is 1. The van der Waals surface area contributed by atoms with Gasteiger partial charge in [-0.05, 0) is 37.5 Å². The van der Waals surface area contributed by atoms with Gasteiger partial charge in [0, 0.05) is 45.3 Å². The highest BCUT2D eigenvalue weighted by Crippen LogP contribution is 2.44. The van der Waals surface area contributed by atoms with Crippen LogP contribution in [0.2, 0.25) is 0 Å². The normalized spacial score (nSPS) is 21.7. The number of unbranched alkanes of at least 4 members (excludes halogenated alkanes) is 1. The number of amides is 1. The molecule has 1 unspecified atom stereocenters. The summed E-state index contributed by atoms with van der Waals surface area (Å²) >= 11 is 0. The van der Waals surface area contributed by atoms with Crippen LogP contribution in [0.1, 0.15) is 32.1 Å². The standard InChI is InChI=1S/C20H25FN2O2/c1-3-4-5-9-19(24)22-12-10-20(11-13-22)18(25-2)15-23(20)17-8-6-7-16(21)14-17/h1,6-8,14,18H,4-5,9-13,15H2,2H3. The SMILES string of the molecule is C#CCCCC(=O)N1CCC2(CC1)C(OC)CN2c1cccc(F)c1. The first-order chi connectivity index (χ1) is 12.1. The number of likely N-dealkylation sites (tertiary alicyclic amines) is 1. The minimum Gasteiger partial charge on any atom is -0.377 e. The molecule has 1 atom stereocenters. The molecule has 1 aromatic rings. The van der Waals surface area contributed by atoms with E-state index in [9.17, 15) is 9.18 Å². The molecule has 0 N–H and O–H groups in total. The van der Waals surface area contributed by atoms with Gasteiger partial charge in [0.2, 0.25) is 5.91 Å². The Balaban J connectivity index is 1.66. The number of ether oxygens (including phenoxy) is 1. The second-order valence-corrected chi connectivity index (χ2v) is 6.86. The van der Waals surface area contributed by atoms with Crippen molar-refractivity contribution in [1.82, 2.24) is 4.90 Å². The summed E-state index contributed by atoms with van der Waals surface area (Å²) in [4.78, 5) is 16.5. The van der Waals surface area contributed by atoms with Crippen molar-refractivity contribution in [2.24, 2.45) is 0 Å². The molecule has 2 heterocycles. The minimum absolute atomic E-state index is 0.120. The third-order valence-electron chi connectivity index (χ3n) is 5.58. The molecular formula is C20H25FN2O2. The van der Waals surface area contributed by atoms with Gasteiger partial charge in [0.1, 0.15) is 5.82 Å². The largest absolute Gasteiger partial charge is 0.377 e. The maximum Gasteiger partial charge on any atom is 0.222 e. The molecule has 4 nitrogen and oxygen atoms in total. The highest BCUT2D eigenvalue weighted by molar-refractivity contribution is 5.76.